The van der Waals surface area contributed by atoms with E-state index in [1.165, 1.54) is 31.1 Å². The summed E-state index contributed by atoms with van der Waals surface area (Å²) in [5.41, 5.74) is 0. The van der Waals surface area contributed by atoms with Crippen LogP contribution in [0.1, 0.15) is 58.8 Å². The highest BCUT2D eigenvalue weighted by Gasteiger charge is 2.58. The number of unbranched alkanes of at least 4 members (excludes halogenated alkanes) is 2. The van der Waals surface area contributed by atoms with Gasteiger partial charge in [0.15, 0.2) is 0 Å². The lowest BCUT2D eigenvalue weighted by molar-refractivity contribution is 0.154. The van der Waals surface area contributed by atoms with Gasteiger partial charge in [-0.1, -0.05) is 33.1 Å². The molecule has 86 valence electrons. The van der Waals surface area contributed by atoms with E-state index < -0.39 is 0 Å². The SMILES string of the molecule is CCCCCC1C2CC3C(CCC13)C2C. The van der Waals surface area contributed by atoms with Crippen molar-refractivity contribution in [2.45, 2.75) is 58.8 Å². The lowest BCUT2D eigenvalue weighted by Crippen LogP contribution is -2.27. The number of rotatable bonds is 4. The summed E-state index contributed by atoms with van der Waals surface area (Å²) in [4.78, 5) is 0. The first kappa shape index (κ1) is 10.2. The summed E-state index contributed by atoms with van der Waals surface area (Å²) in [7, 11) is 0. The topological polar surface area (TPSA) is 0 Å². The maximum absolute atomic E-state index is 2.56. The Bertz CT molecular complexity index is 232. The Labute approximate surface area is 94.8 Å². The fourth-order valence-corrected chi connectivity index (χ4v) is 5.45. The monoisotopic (exact) mass is 206 g/mol. The van der Waals surface area contributed by atoms with Gasteiger partial charge in [-0.25, -0.2) is 0 Å². The van der Waals surface area contributed by atoms with Crippen LogP contribution in [0.5, 0.6) is 0 Å². The minimum atomic E-state index is 1.08. The van der Waals surface area contributed by atoms with Crippen LogP contribution in [-0.2, 0) is 0 Å². The van der Waals surface area contributed by atoms with Crippen LogP contribution in [0.25, 0.3) is 0 Å². The molecule has 3 aliphatic rings. The van der Waals surface area contributed by atoms with Crippen molar-refractivity contribution in [3.05, 3.63) is 0 Å². The van der Waals surface area contributed by atoms with E-state index in [9.17, 15) is 0 Å². The van der Waals surface area contributed by atoms with Gasteiger partial charge in [0.25, 0.3) is 0 Å². The smallest absolute Gasteiger partial charge is 0.0349 e. The third-order valence-corrected chi connectivity index (χ3v) is 6.07. The quantitative estimate of drug-likeness (QED) is 0.594. The van der Waals surface area contributed by atoms with Crippen molar-refractivity contribution in [3.63, 3.8) is 0 Å². The van der Waals surface area contributed by atoms with E-state index >= 15 is 0 Å². The van der Waals surface area contributed by atoms with Gasteiger partial charge in [0.05, 0.1) is 0 Å². The normalized spacial score (nSPS) is 51.6. The molecule has 0 aromatic carbocycles. The van der Waals surface area contributed by atoms with Gasteiger partial charge in [-0.15, -0.1) is 0 Å². The van der Waals surface area contributed by atoms with E-state index in [-0.39, 0.29) is 0 Å². The van der Waals surface area contributed by atoms with E-state index in [4.69, 9.17) is 0 Å². The Morgan fingerprint density at radius 3 is 2.53 bits per heavy atom. The van der Waals surface area contributed by atoms with Crippen molar-refractivity contribution < 1.29 is 0 Å². The molecule has 0 spiro atoms. The van der Waals surface area contributed by atoms with E-state index in [0.29, 0.717) is 0 Å². The minimum absolute atomic E-state index is 1.08. The van der Waals surface area contributed by atoms with Crippen LogP contribution in [0.15, 0.2) is 0 Å². The molecule has 3 saturated carbocycles. The van der Waals surface area contributed by atoms with Crippen molar-refractivity contribution in [1.29, 1.82) is 0 Å². The van der Waals surface area contributed by atoms with Gasteiger partial charge in [-0.3, -0.25) is 0 Å². The lowest BCUT2D eigenvalue weighted by atomic mass is 9.72. The number of fused-ring (bicyclic) bond motifs is 1. The van der Waals surface area contributed by atoms with Crippen molar-refractivity contribution in [1.82, 2.24) is 0 Å². The molecular weight excluding hydrogens is 180 g/mol. The minimum Gasteiger partial charge on any atom is -0.0654 e. The molecule has 0 amide bonds. The molecule has 0 radical (unpaired) electrons. The van der Waals surface area contributed by atoms with Gasteiger partial charge < -0.3 is 0 Å². The van der Waals surface area contributed by atoms with Crippen molar-refractivity contribution in [2.75, 3.05) is 0 Å². The fourth-order valence-electron chi connectivity index (χ4n) is 5.45. The lowest BCUT2D eigenvalue weighted by Gasteiger charge is -2.33. The number of hydrogen-bond donors (Lipinski definition) is 0. The second kappa shape index (κ2) is 3.79. The Morgan fingerprint density at radius 2 is 1.73 bits per heavy atom. The predicted octanol–water partition coefficient (Wildman–Crippen LogP) is 4.49. The second-order valence-electron chi connectivity index (χ2n) is 6.49. The third kappa shape index (κ3) is 1.40. The summed E-state index contributed by atoms with van der Waals surface area (Å²) in [6.45, 7) is 4.89. The molecule has 6 unspecified atom stereocenters. The molecule has 2 bridgehead atoms. The summed E-state index contributed by atoms with van der Waals surface area (Å²) in [6.07, 6.45) is 10.7. The largest absolute Gasteiger partial charge is 0.0654 e. The van der Waals surface area contributed by atoms with E-state index in [2.05, 4.69) is 13.8 Å². The third-order valence-electron chi connectivity index (χ3n) is 6.07. The first-order valence-corrected chi connectivity index (χ1v) is 7.33. The molecule has 3 rings (SSSR count). The molecule has 3 aliphatic carbocycles. The zero-order valence-electron chi connectivity index (χ0n) is 10.4. The van der Waals surface area contributed by atoms with Crippen LogP contribution >= 0.6 is 0 Å². The Morgan fingerprint density at radius 1 is 0.933 bits per heavy atom. The average molecular weight is 206 g/mol. The predicted molar refractivity (Wildman–Crippen MR) is 64.6 cm³/mol. The molecular formula is C15H26. The van der Waals surface area contributed by atoms with Crippen LogP contribution in [0, 0.1) is 35.5 Å². The zero-order valence-corrected chi connectivity index (χ0v) is 10.4. The van der Waals surface area contributed by atoms with Gasteiger partial charge in [0.1, 0.15) is 0 Å². The van der Waals surface area contributed by atoms with E-state index in [1.54, 1.807) is 25.7 Å². The first-order chi connectivity index (χ1) is 7.33. The molecule has 0 aromatic rings. The molecule has 0 saturated heterocycles. The van der Waals surface area contributed by atoms with Crippen molar-refractivity contribution in [2.24, 2.45) is 35.5 Å². The molecule has 0 heterocycles. The van der Waals surface area contributed by atoms with Crippen LogP contribution < -0.4 is 0 Å². The molecule has 0 nitrogen and oxygen atoms in total. The second-order valence-corrected chi connectivity index (χ2v) is 6.49. The Balaban J connectivity index is 1.65. The summed E-state index contributed by atoms with van der Waals surface area (Å²) in [6, 6.07) is 0. The van der Waals surface area contributed by atoms with Gasteiger partial charge in [0.2, 0.25) is 0 Å². The Hall–Kier alpha value is 0. The van der Waals surface area contributed by atoms with Crippen LogP contribution in [0.4, 0.5) is 0 Å². The Kier molecular flexibility index (Phi) is 2.57. The van der Waals surface area contributed by atoms with E-state index in [0.717, 1.165) is 23.7 Å². The summed E-state index contributed by atoms with van der Waals surface area (Å²) in [5, 5.41) is 0. The molecule has 6 atom stereocenters. The molecule has 3 fully saturated rings. The molecule has 15 heavy (non-hydrogen) atoms. The standard InChI is InChI=1S/C15H26/c1-3-4-5-6-12-13-8-7-11-10(2)14(12)9-15(11)13/h10-15H,3-9H2,1-2H3. The summed E-state index contributed by atoms with van der Waals surface area (Å²) < 4.78 is 0. The fraction of sp³-hybridized carbons (Fsp3) is 1.00. The summed E-state index contributed by atoms with van der Waals surface area (Å²) >= 11 is 0. The van der Waals surface area contributed by atoms with Crippen LogP contribution in [-0.4, -0.2) is 0 Å². The van der Waals surface area contributed by atoms with Gasteiger partial charge in [0, 0.05) is 0 Å². The van der Waals surface area contributed by atoms with Crippen molar-refractivity contribution >= 4 is 0 Å². The first-order valence-electron chi connectivity index (χ1n) is 7.33. The zero-order chi connectivity index (χ0) is 10.4. The molecule has 0 aromatic heterocycles. The van der Waals surface area contributed by atoms with Gasteiger partial charge in [-0.2, -0.15) is 0 Å². The highest BCUT2D eigenvalue weighted by Crippen LogP contribution is 2.65. The van der Waals surface area contributed by atoms with Gasteiger partial charge >= 0.3 is 0 Å². The number of hydrogen-bond acceptors (Lipinski definition) is 0. The maximum atomic E-state index is 2.56. The molecule has 0 heteroatoms. The average Bonchev–Trinajstić information content (AvgIpc) is 2.81. The molecule has 0 N–H and O–H groups in total. The molecule has 0 aliphatic heterocycles. The van der Waals surface area contributed by atoms with Crippen molar-refractivity contribution in [3.8, 4) is 0 Å². The maximum Gasteiger partial charge on any atom is -0.0349 e. The van der Waals surface area contributed by atoms with E-state index in [1.807, 2.05) is 0 Å². The highest BCUT2D eigenvalue weighted by molar-refractivity contribution is 5.07. The van der Waals surface area contributed by atoms with Gasteiger partial charge in [-0.05, 0) is 61.2 Å². The van der Waals surface area contributed by atoms with Crippen LogP contribution in [0.2, 0.25) is 0 Å². The van der Waals surface area contributed by atoms with Crippen LogP contribution in [0.3, 0.4) is 0 Å². The summed E-state index contributed by atoms with van der Waals surface area (Å²) in [5.74, 6) is 6.88. The highest BCUT2D eigenvalue weighted by atomic mass is 14.6.